The predicted molar refractivity (Wildman–Crippen MR) is 56.1 cm³/mol. The molecule has 1 rings (SSSR count). The molecule has 0 bridgehead atoms. The number of hydrogen-bond donors (Lipinski definition) is 2. The van der Waals surface area contributed by atoms with E-state index in [-0.39, 0.29) is 12.2 Å². The number of methoxy groups -OCH3 is 1. The Morgan fingerprint density at radius 1 is 1.38 bits per heavy atom. The molecule has 0 heterocycles. The van der Waals surface area contributed by atoms with Crippen LogP contribution in [0.3, 0.4) is 0 Å². The number of halogens is 2. The molecule has 0 aliphatic heterocycles. The molecule has 5 heteroatoms. The fraction of sp³-hybridized carbons (Fsp3) is 0.455. The van der Waals surface area contributed by atoms with Gasteiger partial charge in [0.1, 0.15) is 11.6 Å². The molecule has 0 saturated heterocycles. The van der Waals surface area contributed by atoms with Crippen LogP contribution < -0.4 is 5.32 Å². The summed E-state index contributed by atoms with van der Waals surface area (Å²) in [7, 11) is 1.53. The van der Waals surface area contributed by atoms with Crippen LogP contribution in [0.2, 0.25) is 0 Å². The fourth-order valence-electron chi connectivity index (χ4n) is 1.44. The first-order chi connectivity index (χ1) is 7.70. The molecule has 0 fully saturated rings. The molecule has 90 valence electrons. The van der Waals surface area contributed by atoms with Crippen molar-refractivity contribution < 1.29 is 18.6 Å². The smallest absolute Gasteiger partial charge is 0.131 e. The Labute approximate surface area is 93.0 Å². The zero-order valence-corrected chi connectivity index (χ0v) is 9.04. The molecule has 0 aliphatic rings. The summed E-state index contributed by atoms with van der Waals surface area (Å²) in [6.45, 7) is 0.448. The molecule has 1 atom stereocenters. The van der Waals surface area contributed by atoms with E-state index in [4.69, 9.17) is 9.84 Å². The summed E-state index contributed by atoms with van der Waals surface area (Å²) in [6, 6.07) is 2.87. The average molecular weight is 231 g/mol. The quantitative estimate of drug-likeness (QED) is 0.724. The van der Waals surface area contributed by atoms with Crippen molar-refractivity contribution >= 4 is 0 Å². The van der Waals surface area contributed by atoms with E-state index in [1.54, 1.807) is 0 Å². The van der Waals surface area contributed by atoms with E-state index in [9.17, 15) is 8.78 Å². The van der Waals surface area contributed by atoms with E-state index >= 15 is 0 Å². The van der Waals surface area contributed by atoms with Gasteiger partial charge in [0.15, 0.2) is 0 Å². The monoisotopic (exact) mass is 231 g/mol. The number of aliphatic hydroxyl groups is 1. The van der Waals surface area contributed by atoms with Gasteiger partial charge in [0.05, 0.1) is 19.3 Å². The first kappa shape index (κ1) is 13.0. The number of aliphatic hydroxyl groups excluding tert-OH is 1. The van der Waals surface area contributed by atoms with Crippen molar-refractivity contribution in [1.29, 1.82) is 0 Å². The average Bonchev–Trinajstić information content (AvgIpc) is 2.26. The van der Waals surface area contributed by atoms with E-state index in [1.165, 1.54) is 25.3 Å². The first-order valence-corrected chi connectivity index (χ1v) is 4.97. The molecule has 0 saturated carbocycles. The van der Waals surface area contributed by atoms with Gasteiger partial charge in [-0.1, -0.05) is 6.07 Å². The van der Waals surface area contributed by atoms with Crippen LogP contribution in [-0.2, 0) is 4.74 Å². The maximum absolute atomic E-state index is 13.4. The number of rotatable bonds is 6. The van der Waals surface area contributed by atoms with Gasteiger partial charge < -0.3 is 15.2 Å². The Kier molecular flexibility index (Phi) is 5.31. The maximum atomic E-state index is 13.4. The number of ether oxygens (including phenoxy) is 1. The number of hydrogen-bond acceptors (Lipinski definition) is 3. The van der Waals surface area contributed by atoms with Crippen LogP contribution in [0.25, 0.3) is 0 Å². The van der Waals surface area contributed by atoms with E-state index in [1.807, 2.05) is 0 Å². The Balaban J connectivity index is 2.78. The fourth-order valence-corrected chi connectivity index (χ4v) is 1.44. The molecule has 0 aromatic heterocycles. The summed E-state index contributed by atoms with van der Waals surface area (Å²) in [6.07, 6.45) is 0. The third-order valence-corrected chi connectivity index (χ3v) is 2.23. The number of nitrogens with one attached hydrogen (secondary N) is 1. The second-order valence-electron chi connectivity index (χ2n) is 3.32. The zero-order chi connectivity index (χ0) is 12.0. The highest BCUT2D eigenvalue weighted by molar-refractivity contribution is 5.23. The van der Waals surface area contributed by atoms with Crippen LogP contribution in [0.4, 0.5) is 8.78 Å². The van der Waals surface area contributed by atoms with Crippen LogP contribution in [-0.4, -0.2) is 32.0 Å². The zero-order valence-electron chi connectivity index (χ0n) is 9.04. The predicted octanol–water partition coefficient (Wildman–Crippen LogP) is 1.23. The molecule has 3 nitrogen and oxygen atoms in total. The standard InChI is InChI=1S/C11H15F2NO2/c1-16-6-5-14-10(7-15)11-8(12)3-2-4-9(11)13/h2-4,10,14-15H,5-7H2,1H3. The van der Waals surface area contributed by atoms with Gasteiger partial charge in [0.25, 0.3) is 0 Å². The van der Waals surface area contributed by atoms with Crippen molar-refractivity contribution in [2.45, 2.75) is 6.04 Å². The van der Waals surface area contributed by atoms with Crippen LogP contribution in [0, 0.1) is 11.6 Å². The van der Waals surface area contributed by atoms with Crippen LogP contribution in [0.5, 0.6) is 0 Å². The van der Waals surface area contributed by atoms with Crippen molar-refractivity contribution in [3.8, 4) is 0 Å². The van der Waals surface area contributed by atoms with E-state index in [0.717, 1.165) is 0 Å². The Morgan fingerprint density at radius 3 is 2.50 bits per heavy atom. The minimum absolute atomic E-state index is 0.138. The molecule has 0 radical (unpaired) electrons. The van der Waals surface area contributed by atoms with Gasteiger partial charge in [-0.15, -0.1) is 0 Å². The van der Waals surface area contributed by atoms with Gasteiger partial charge in [-0.05, 0) is 12.1 Å². The van der Waals surface area contributed by atoms with Crippen LogP contribution in [0.15, 0.2) is 18.2 Å². The first-order valence-electron chi connectivity index (χ1n) is 4.97. The summed E-state index contributed by atoms with van der Waals surface area (Å²) in [4.78, 5) is 0. The number of benzene rings is 1. The summed E-state index contributed by atoms with van der Waals surface area (Å²) >= 11 is 0. The van der Waals surface area contributed by atoms with Gasteiger partial charge in [0, 0.05) is 19.2 Å². The topological polar surface area (TPSA) is 41.5 Å². The van der Waals surface area contributed by atoms with Crippen LogP contribution >= 0.6 is 0 Å². The Bertz CT molecular complexity index is 314. The molecule has 0 spiro atoms. The molecular formula is C11H15F2NO2. The highest BCUT2D eigenvalue weighted by Gasteiger charge is 2.18. The van der Waals surface area contributed by atoms with Crippen molar-refractivity contribution in [3.05, 3.63) is 35.4 Å². The third-order valence-electron chi connectivity index (χ3n) is 2.23. The third kappa shape index (κ3) is 3.23. The highest BCUT2D eigenvalue weighted by Crippen LogP contribution is 2.20. The second-order valence-corrected chi connectivity index (χ2v) is 3.32. The molecule has 0 amide bonds. The largest absolute Gasteiger partial charge is 0.394 e. The SMILES string of the molecule is COCCNC(CO)c1c(F)cccc1F. The molecule has 16 heavy (non-hydrogen) atoms. The van der Waals surface area contributed by atoms with Gasteiger partial charge in [-0.25, -0.2) is 8.78 Å². The molecular weight excluding hydrogens is 216 g/mol. The lowest BCUT2D eigenvalue weighted by atomic mass is 10.1. The normalized spacial score (nSPS) is 12.8. The summed E-state index contributed by atoms with van der Waals surface area (Å²) in [5.41, 5.74) is -0.138. The van der Waals surface area contributed by atoms with Crippen molar-refractivity contribution in [3.63, 3.8) is 0 Å². The second kappa shape index (κ2) is 6.52. The van der Waals surface area contributed by atoms with Gasteiger partial charge >= 0.3 is 0 Å². The Morgan fingerprint density at radius 2 is 2.00 bits per heavy atom. The lowest BCUT2D eigenvalue weighted by molar-refractivity contribution is 0.182. The van der Waals surface area contributed by atoms with Crippen molar-refractivity contribution in [2.24, 2.45) is 0 Å². The van der Waals surface area contributed by atoms with Gasteiger partial charge in [-0.2, -0.15) is 0 Å². The van der Waals surface area contributed by atoms with Crippen molar-refractivity contribution in [1.82, 2.24) is 5.32 Å². The molecule has 1 unspecified atom stereocenters. The maximum Gasteiger partial charge on any atom is 0.131 e. The lowest BCUT2D eigenvalue weighted by Gasteiger charge is -2.17. The van der Waals surface area contributed by atoms with Gasteiger partial charge in [0.2, 0.25) is 0 Å². The highest BCUT2D eigenvalue weighted by atomic mass is 19.1. The van der Waals surface area contributed by atoms with E-state index in [2.05, 4.69) is 5.32 Å². The summed E-state index contributed by atoms with van der Waals surface area (Å²) in [5.74, 6) is -1.33. The van der Waals surface area contributed by atoms with Crippen LogP contribution in [0.1, 0.15) is 11.6 Å². The molecule has 0 aliphatic carbocycles. The van der Waals surface area contributed by atoms with Gasteiger partial charge in [-0.3, -0.25) is 0 Å². The van der Waals surface area contributed by atoms with E-state index < -0.39 is 17.7 Å². The molecule has 1 aromatic rings. The van der Waals surface area contributed by atoms with Crippen molar-refractivity contribution in [2.75, 3.05) is 26.9 Å². The molecule has 1 aromatic carbocycles. The lowest BCUT2D eigenvalue weighted by Crippen LogP contribution is -2.29. The summed E-state index contributed by atoms with van der Waals surface area (Å²) in [5, 5.41) is 11.9. The minimum atomic E-state index is -0.753. The Hall–Kier alpha value is -1.04. The minimum Gasteiger partial charge on any atom is -0.394 e. The summed E-state index contributed by atoms with van der Waals surface area (Å²) < 4.78 is 31.6. The molecule has 2 N–H and O–H groups in total. The van der Waals surface area contributed by atoms with E-state index in [0.29, 0.717) is 13.2 Å².